The van der Waals surface area contributed by atoms with E-state index in [0.717, 1.165) is 30.5 Å². The maximum Gasteiger partial charge on any atom is 0.123 e. The Morgan fingerprint density at radius 3 is 1.82 bits per heavy atom. The van der Waals surface area contributed by atoms with E-state index >= 15 is 0 Å². The lowest BCUT2D eigenvalue weighted by Crippen LogP contribution is -2.35. The molecule has 3 N–H and O–H groups in total. The third-order valence-electron chi connectivity index (χ3n) is 7.59. The van der Waals surface area contributed by atoms with Crippen molar-refractivity contribution in [2.24, 2.45) is 5.92 Å². The largest absolute Gasteiger partial charge is 0.386 e. The Kier molecular flexibility index (Phi) is 7.27. The van der Waals surface area contributed by atoms with E-state index in [1.807, 2.05) is 0 Å². The topological polar surface area (TPSA) is 71.0 Å². The molecular formula is C27H33F2NO4. The van der Waals surface area contributed by atoms with Crippen LogP contribution in [0.5, 0.6) is 0 Å². The Morgan fingerprint density at radius 1 is 0.706 bits per heavy atom. The van der Waals surface area contributed by atoms with E-state index in [1.165, 1.54) is 49.9 Å². The molecule has 0 aromatic heterocycles. The van der Waals surface area contributed by atoms with E-state index in [0.29, 0.717) is 17.0 Å². The van der Waals surface area contributed by atoms with Crippen LogP contribution in [0, 0.1) is 17.6 Å². The number of aliphatic hydroxyl groups is 2. The van der Waals surface area contributed by atoms with Crippen LogP contribution >= 0.6 is 0 Å². The predicted molar refractivity (Wildman–Crippen MR) is 123 cm³/mol. The molecule has 7 heteroatoms. The predicted octanol–water partition coefficient (Wildman–Crippen LogP) is 4.80. The molecule has 0 bridgehead atoms. The maximum atomic E-state index is 13.2. The molecule has 6 rings (SSSR count). The Morgan fingerprint density at radius 2 is 1.26 bits per heavy atom. The highest BCUT2D eigenvalue weighted by atomic mass is 19.1. The molecule has 0 radical (unpaired) electrons. The normalized spacial score (nSPS) is 30.9. The van der Waals surface area contributed by atoms with E-state index < -0.39 is 12.2 Å². The van der Waals surface area contributed by atoms with Crippen molar-refractivity contribution in [2.75, 3.05) is 19.8 Å². The fraction of sp³-hybridized carbons (Fsp3) is 0.556. The van der Waals surface area contributed by atoms with Crippen molar-refractivity contribution in [2.45, 2.75) is 69.0 Å². The fourth-order valence-corrected chi connectivity index (χ4v) is 5.89. The molecule has 5 nitrogen and oxygen atoms in total. The van der Waals surface area contributed by atoms with Crippen LogP contribution in [-0.4, -0.2) is 36.0 Å². The number of nitrogens with one attached hydrogen (secondary N) is 1. The second kappa shape index (κ2) is 10.4. The van der Waals surface area contributed by atoms with Crippen LogP contribution in [0.2, 0.25) is 0 Å². The van der Waals surface area contributed by atoms with Crippen molar-refractivity contribution >= 4 is 0 Å². The number of ether oxygens (including phenoxy) is 2. The van der Waals surface area contributed by atoms with Gasteiger partial charge in [-0.05, 0) is 84.7 Å². The molecule has 1 saturated heterocycles. The maximum absolute atomic E-state index is 13.2. The van der Waals surface area contributed by atoms with Crippen LogP contribution in [0.3, 0.4) is 0 Å². The Bertz CT molecular complexity index is 911. The lowest BCUT2D eigenvalue weighted by molar-refractivity contribution is -0.0547. The van der Waals surface area contributed by atoms with Gasteiger partial charge in [-0.2, -0.15) is 0 Å². The van der Waals surface area contributed by atoms with Gasteiger partial charge in [-0.25, -0.2) is 8.78 Å². The van der Waals surface area contributed by atoms with Gasteiger partial charge in [0.25, 0.3) is 0 Å². The van der Waals surface area contributed by atoms with Gasteiger partial charge in [-0.3, -0.25) is 0 Å². The minimum absolute atomic E-state index is 0.0523. The number of hydrogen-bond acceptors (Lipinski definition) is 5. The van der Waals surface area contributed by atoms with Crippen LogP contribution in [-0.2, 0) is 9.47 Å². The summed E-state index contributed by atoms with van der Waals surface area (Å²) in [5, 5.41) is 23.1. The fourth-order valence-electron chi connectivity index (χ4n) is 5.89. The van der Waals surface area contributed by atoms with Crippen LogP contribution in [0.15, 0.2) is 36.4 Å². The Hall–Kier alpha value is -1.90. The summed E-state index contributed by atoms with van der Waals surface area (Å²) < 4.78 is 37.9. The van der Waals surface area contributed by atoms with E-state index in [4.69, 9.17) is 9.47 Å². The molecule has 4 unspecified atom stereocenters. The molecule has 4 aliphatic rings. The molecule has 3 aliphatic heterocycles. The average molecular weight is 474 g/mol. The third-order valence-corrected chi connectivity index (χ3v) is 7.59. The van der Waals surface area contributed by atoms with Gasteiger partial charge in [0.1, 0.15) is 23.8 Å². The highest BCUT2D eigenvalue weighted by molar-refractivity contribution is 5.35. The molecular weight excluding hydrogens is 440 g/mol. The number of benzene rings is 2. The number of hydrogen-bond donors (Lipinski definition) is 3. The van der Waals surface area contributed by atoms with Crippen molar-refractivity contribution < 1.29 is 28.5 Å². The molecule has 1 aliphatic carbocycles. The second-order valence-corrected chi connectivity index (χ2v) is 9.83. The first kappa shape index (κ1) is 23.8. The van der Waals surface area contributed by atoms with E-state index in [1.54, 1.807) is 12.1 Å². The third kappa shape index (κ3) is 4.90. The van der Waals surface area contributed by atoms with E-state index in [2.05, 4.69) is 5.32 Å². The monoisotopic (exact) mass is 473 g/mol. The molecule has 184 valence electrons. The highest BCUT2D eigenvalue weighted by Gasteiger charge is 2.35. The van der Waals surface area contributed by atoms with Gasteiger partial charge in [0.15, 0.2) is 0 Å². The van der Waals surface area contributed by atoms with Gasteiger partial charge < -0.3 is 25.0 Å². The van der Waals surface area contributed by atoms with Gasteiger partial charge in [-0.1, -0.05) is 25.0 Å². The van der Waals surface area contributed by atoms with Crippen LogP contribution in [0.25, 0.3) is 0 Å². The first-order valence-electron chi connectivity index (χ1n) is 12.4. The van der Waals surface area contributed by atoms with E-state index in [9.17, 15) is 19.0 Å². The summed E-state index contributed by atoms with van der Waals surface area (Å²) >= 11 is 0. The van der Waals surface area contributed by atoms with Gasteiger partial charge in [0.05, 0.1) is 25.4 Å². The highest BCUT2D eigenvalue weighted by Crippen LogP contribution is 2.43. The van der Waals surface area contributed by atoms with Crippen molar-refractivity contribution in [3.8, 4) is 0 Å². The molecule has 1 saturated carbocycles. The van der Waals surface area contributed by atoms with Crippen molar-refractivity contribution in [1.29, 1.82) is 0 Å². The molecule has 3 heterocycles. The van der Waals surface area contributed by atoms with Crippen LogP contribution < -0.4 is 5.32 Å². The molecule has 5 atom stereocenters. The lowest BCUT2D eigenvalue weighted by atomic mass is 9.87. The molecule has 0 spiro atoms. The van der Waals surface area contributed by atoms with Crippen molar-refractivity contribution in [3.63, 3.8) is 0 Å². The van der Waals surface area contributed by atoms with Crippen molar-refractivity contribution in [3.05, 3.63) is 70.3 Å². The first-order valence-corrected chi connectivity index (χ1v) is 12.4. The standard InChI is InChI=1S/C14H17FO2.C13H16FNO2/c15-10-5-6-11-12(7-10)13(16)8-17-14(11)9-3-1-2-4-9;14-8-3-4-9-10(6-8)12(16)7-17-13(9)11-2-1-5-15-11/h5-7,9,13-14,16H,1-4,8H2;3-4,6,11-13,15-16H,1-2,5,7H2/t;11-,12?,13?/m.0/s1. The number of rotatable bonds is 2. The number of fused-ring (bicyclic) bond motifs is 2. The minimum atomic E-state index is -0.710. The smallest absolute Gasteiger partial charge is 0.123 e. The minimum Gasteiger partial charge on any atom is -0.386 e. The number of halogens is 2. The zero-order valence-corrected chi connectivity index (χ0v) is 19.3. The quantitative estimate of drug-likeness (QED) is 0.584. The van der Waals surface area contributed by atoms with Crippen LogP contribution in [0.1, 0.15) is 85.2 Å². The first-order chi connectivity index (χ1) is 16.5. The summed E-state index contributed by atoms with van der Waals surface area (Å²) in [5.74, 6) is -0.0515. The molecule has 2 aromatic carbocycles. The Labute approximate surface area is 199 Å². The summed E-state index contributed by atoms with van der Waals surface area (Å²) in [5.41, 5.74) is 3.30. The zero-order valence-electron chi connectivity index (χ0n) is 19.3. The summed E-state index contributed by atoms with van der Waals surface area (Å²) in [7, 11) is 0. The van der Waals surface area contributed by atoms with E-state index in [-0.39, 0.29) is 43.1 Å². The molecule has 0 amide bonds. The van der Waals surface area contributed by atoms with Crippen molar-refractivity contribution in [1.82, 2.24) is 5.32 Å². The zero-order chi connectivity index (χ0) is 23.7. The molecule has 2 fully saturated rings. The summed E-state index contributed by atoms with van der Waals surface area (Å²) in [6, 6.07) is 9.55. The number of aliphatic hydroxyl groups excluding tert-OH is 2. The van der Waals surface area contributed by atoms with Gasteiger partial charge >= 0.3 is 0 Å². The molecule has 34 heavy (non-hydrogen) atoms. The average Bonchev–Trinajstić information content (AvgIpc) is 3.56. The second-order valence-electron chi connectivity index (χ2n) is 9.83. The lowest BCUT2D eigenvalue weighted by Gasteiger charge is -2.33. The van der Waals surface area contributed by atoms with Gasteiger partial charge in [0.2, 0.25) is 0 Å². The van der Waals surface area contributed by atoms with Crippen LogP contribution in [0.4, 0.5) is 8.78 Å². The SMILES string of the molecule is OC1COC(C2CCCC2)c2ccc(F)cc21.OC1COC([C@@H]2CCCN2)c2ccc(F)cc21. The van der Waals surface area contributed by atoms with Gasteiger partial charge in [0, 0.05) is 6.04 Å². The Balaban J connectivity index is 0.000000142. The van der Waals surface area contributed by atoms with Gasteiger partial charge in [-0.15, -0.1) is 0 Å². The summed E-state index contributed by atoms with van der Waals surface area (Å²) in [6.07, 6.45) is 5.67. The summed E-state index contributed by atoms with van der Waals surface area (Å²) in [4.78, 5) is 0. The molecule has 2 aromatic rings. The summed E-state index contributed by atoms with van der Waals surface area (Å²) in [6.45, 7) is 1.54.